The Morgan fingerprint density at radius 2 is 2.07 bits per heavy atom. The highest BCUT2D eigenvalue weighted by Gasteiger charge is 2.18. The fourth-order valence-corrected chi connectivity index (χ4v) is 3.30. The molecule has 158 valence electrons. The number of hydrogen-bond acceptors (Lipinski definition) is 7. The van der Waals surface area contributed by atoms with E-state index in [1.807, 2.05) is 18.2 Å². The summed E-state index contributed by atoms with van der Waals surface area (Å²) in [6.07, 6.45) is 1.12. The van der Waals surface area contributed by atoms with E-state index < -0.39 is 6.10 Å². The number of benzene rings is 1. The Morgan fingerprint density at radius 1 is 1.29 bits per heavy atom. The van der Waals surface area contributed by atoms with Gasteiger partial charge in [-0.25, -0.2) is 0 Å². The topological polar surface area (TPSA) is 63.6 Å². The summed E-state index contributed by atoms with van der Waals surface area (Å²) in [6.45, 7) is 10.7. The molecule has 1 aromatic rings. The molecule has 2 rings (SSSR count). The van der Waals surface area contributed by atoms with Gasteiger partial charge in [0, 0.05) is 44.8 Å². The normalized spacial score (nSPS) is 16.1. The quantitative estimate of drug-likeness (QED) is 0.401. The van der Waals surface area contributed by atoms with E-state index in [4.69, 9.17) is 18.9 Å². The second-order valence-corrected chi connectivity index (χ2v) is 6.82. The number of para-hydroxylation sites is 1. The number of hydrogen-bond donors (Lipinski definition) is 1. The highest BCUT2D eigenvalue weighted by Crippen LogP contribution is 2.31. The van der Waals surface area contributed by atoms with Crippen LogP contribution in [0.1, 0.15) is 5.56 Å². The number of aliphatic hydroxyl groups excluding tert-OH is 1. The molecule has 1 N–H and O–H groups in total. The van der Waals surface area contributed by atoms with Crippen LogP contribution >= 0.6 is 0 Å². The summed E-state index contributed by atoms with van der Waals surface area (Å²) in [7, 11) is 3.29. The van der Waals surface area contributed by atoms with E-state index in [0.717, 1.165) is 50.7 Å². The van der Waals surface area contributed by atoms with Crippen molar-refractivity contribution < 1.29 is 24.1 Å². The fraction of sp³-hybridized carbons (Fsp3) is 0.619. The standard InChI is InChI=1S/C21H34N2O5/c1-4-12-28-17-19(24)16-23(9-8-22-10-13-27-14-11-22)15-18-6-5-7-20(25-2)21(18)26-3/h4-7,19,24H,1,8-17H2,2-3H3. The van der Waals surface area contributed by atoms with Gasteiger partial charge in [-0.15, -0.1) is 6.58 Å². The minimum atomic E-state index is -0.568. The molecule has 0 spiro atoms. The molecule has 0 radical (unpaired) electrons. The second-order valence-electron chi connectivity index (χ2n) is 6.82. The minimum absolute atomic E-state index is 0.287. The molecule has 0 aromatic heterocycles. The van der Waals surface area contributed by atoms with Crippen molar-refractivity contribution in [3.05, 3.63) is 36.4 Å². The molecule has 1 aliphatic rings. The molecule has 1 fully saturated rings. The molecule has 0 saturated carbocycles. The molecule has 1 atom stereocenters. The lowest BCUT2D eigenvalue weighted by Gasteiger charge is -2.31. The van der Waals surface area contributed by atoms with Gasteiger partial charge in [-0.1, -0.05) is 18.2 Å². The maximum atomic E-state index is 10.4. The van der Waals surface area contributed by atoms with Crippen molar-refractivity contribution in [3.8, 4) is 11.5 Å². The maximum absolute atomic E-state index is 10.4. The number of morpholine rings is 1. The van der Waals surface area contributed by atoms with E-state index in [2.05, 4.69) is 16.4 Å². The van der Waals surface area contributed by atoms with Crippen LogP contribution in [0, 0.1) is 0 Å². The summed E-state index contributed by atoms with van der Waals surface area (Å²) in [6, 6.07) is 5.88. The molecular weight excluding hydrogens is 360 g/mol. The lowest BCUT2D eigenvalue weighted by atomic mass is 10.1. The lowest BCUT2D eigenvalue weighted by Crippen LogP contribution is -2.43. The van der Waals surface area contributed by atoms with Crippen LogP contribution in [0.15, 0.2) is 30.9 Å². The Morgan fingerprint density at radius 3 is 2.75 bits per heavy atom. The zero-order valence-corrected chi connectivity index (χ0v) is 17.1. The predicted molar refractivity (Wildman–Crippen MR) is 109 cm³/mol. The number of rotatable bonds is 13. The van der Waals surface area contributed by atoms with Gasteiger partial charge in [-0.05, 0) is 6.07 Å². The Labute approximate surface area is 168 Å². The third-order valence-electron chi connectivity index (χ3n) is 4.73. The van der Waals surface area contributed by atoms with Gasteiger partial charge in [-0.2, -0.15) is 0 Å². The molecular formula is C21H34N2O5. The van der Waals surface area contributed by atoms with Gasteiger partial charge >= 0.3 is 0 Å². The SMILES string of the molecule is C=CCOCC(O)CN(CCN1CCOCC1)Cc1cccc(OC)c1OC. The van der Waals surface area contributed by atoms with Crippen molar-refractivity contribution in [1.82, 2.24) is 9.80 Å². The molecule has 0 bridgehead atoms. The first kappa shape index (κ1) is 22.6. The van der Waals surface area contributed by atoms with Gasteiger partial charge in [-0.3, -0.25) is 9.80 Å². The van der Waals surface area contributed by atoms with Crippen LogP contribution in [0.2, 0.25) is 0 Å². The van der Waals surface area contributed by atoms with Gasteiger partial charge in [0.15, 0.2) is 11.5 Å². The fourth-order valence-electron chi connectivity index (χ4n) is 3.30. The monoisotopic (exact) mass is 394 g/mol. The van der Waals surface area contributed by atoms with Crippen molar-refractivity contribution in [1.29, 1.82) is 0 Å². The number of methoxy groups -OCH3 is 2. The van der Waals surface area contributed by atoms with Gasteiger partial charge in [0.2, 0.25) is 0 Å². The summed E-state index contributed by atoms with van der Waals surface area (Å²) in [4.78, 5) is 4.62. The highest BCUT2D eigenvalue weighted by atomic mass is 16.5. The largest absolute Gasteiger partial charge is 0.493 e. The van der Waals surface area contributed by atoms with E-state index in [-0.39, 0.29) is 6.61 Å². The molecule has 0 aliphatic carbocycles. The number of ether oxygens (including phenoxy) is 4. The first-order valence-corrected chi connectivity index (χ1v) is 9.77. The van der Waals surface area contributed by atoms with Crippen LogP contribution in [0.5, 0.6) is 11.5 Å². The number of nitrogens with zero attached hydrogens (tertiary/aromatic N) is 2. The van der Waals surface area contributed by atoms with Crippen LogP contribution in [-0.4, -0.2) is 94.4 Å². The summed E-state index contributed by atoms with van der Waals surface area (Å²) >= 11 is 0. The lowest BCUT2D eigenvalue weighted by molar-refractivity contribution is 0.0127. The van der Waals surface area contributed by atoms with E-state index in [1.54, 1.807) is 20.3 Å². The summed E-state index contributed by atoms with van der Waals surface area (Å²) in [5.74, 6) is 1.45. The maximum Gasteiger partial charge on any atom is 0.165 e. The smallest absolute Gasteiger partial charge is 0.165 e. The van der Waals surface area contributed by atoms with Gasteiger partial charge in [0.1, 0.15) is 0 Å². The van der Waals surface area contributed by atoms with Crippen molar-refractivity contribution in [2.24, 2.45) is 0 Å². The van der Waals surface area contributed by atoms with E-state index in [1.165, 1.54) is 0 Å². The third kappa shape index (κ3) is 7.41. The van der Waals surface area contributed by atoms with Gasteiger partial charge in [0.25, 0.3) is 0 Å². The molecule has 7 heteroatoms. The zero-order chi connectivity index (χ0) is 20.2. The molecule has 0 amide bonds. The molecule has 1 unspecified atom stereocenters. The Hall–Kier alpha value is -1.64. The first-order chi connectivity index (χ1) is 13.7. The van der Waals surface area contributed by atoms with Crippen molar-refractivity contribution in [3.63, 3.8) is 0 Å². The van der Waals surface area contributed by atoms with Crippen molar-refractivity contribution in [2.75, 3.05) is 73.4 Å². The van der Waals surface area contributed by atoms with E-state index >= 15 is 0 Å². The molecule has 1 aliphatic heterocycles. The van der Waals surface area contributed by atoms with Crippen LogP contribution in [0.3, 0.4) is 0 Å². The van der Waals surface area contributed by atoms with E-state index in [9.17, 15) is 5.11 Å². The van der Waals surface area contributed by atoms with Gasteiger partial charge < -0.3 is 24.1 Å². The zero-order valence-electron chi connectivity index (χ0n) is 17.1. The van der Waals surface area contributed by atoms with Crippen LogP contribution in [-0.2, 0) is 16.0 Å². The summed E-state index contributed by atoms with van der Waals surface area (Å²) in [5.41, 5.74) is 1.03. The Bertz CT molecular complexity index is 578. The molecule has 1 aromatic carbocycles. The first-order valence-electron chi connectivity index (χ1n) is 9.77. The third-order valence-corrected chi connectivity index (χ3v) is 4.73. The van der Waals surface area contributed by atoms with E-state index in [0.29, 0.717) is 25.4 Å². The second kappa shape index (κ2) is 12.7. The van der Waals surface area contributed by atoms with Crippen molar-refractivity contribution >= 4 is 0 Å². The molecule has 1 heterocycles. The van der Waals surface area contributed by atoms with Crippen LogP contribution < -0.4 is 9.47 Å². The number of aliphatic hydroxyl groups is 1. The van der Waals surface area contributed by atoms with Crippen LogP contribution in [0.4, 0.5) is 0 Å². The highest BCUT2D eigenvalue weighted by molar-refractivity contribution is 5.46. The van der Waals surface area contributed by atoms with Crippen molar-refractivity contribution in [2.45, 2.75) is 12.6 Å². The molecule has 7 nitrogen and oxygen atoms in total. The minimum Gasteiger partial charge on any atom is -0.493 e. The molecule has 28 heavy (non-hydrogen) atoms. The van der Waals surface area contributed by atoms with Crippen LogP contribution in [0.25, 0.3) is 0 Å². The summed E-state index contributed by atoms with van der Waals surface area (Å²) < 4.78 is 21.8. The molecule has 1 saturated heterocycles. The predicted octanol–water partition coefficient (Wildman–Crippen LogP) is 1.40. The average molecular weight is 395 g/mol. The Kier molecular flexibility index (Phi) is 10.3. The summed E-state index contributed by atoms with van der Waals surface area (Å²) in [5, 5.41) is 10.4. The average Bonchev–Trinajstić information content (AvgIpc) is 2.72. The van der Waals surface area contributed by atoms with Gasteiger partial charge in [0.05, 0.1) is 46.8 Å². The Balaban J connectivity index is 2.02.